The zero-order valence-corrected chi connectivity index (χ0v) is 8.42. The fourth-order valence-corrected chi connectivity index (χ4v) is 1.75. The molecule has 0 amide bonds. The number of aryl methyl sites for hydroxylation is 1. The summed E-state index contributed by atoms with van der Waals surface area (Å²) in [5, 5.41) is 1.17. The van der Waals surface area contributed by atoms with Crippen molar-refractivity contribution in [3.05, 3.63) is 42.2 Å². The van der Waals surface area contributed by atoms with Gasteiger partial charge in [-0.1, -0.05) is 37.8 Å². The van der Waals surface area contributed by atoms with Crippen molar-refractivity contribution in [2.75, 3.05) is 0 Å². The minimum absolute atomic E-state index is 0.964. The van der Waals surface area contributed by atoms with Crippen molar-refractivity contribution in [2.24, 2.45) is 0 Å². The number of hydrogen-bond donors (Lipinski definition) is 0. The number of rotatable bonds is 3. The maximum atomic E-state index is 5.76. The minimum atomic E-state index is 0.964. The standard InChI is InChI=1S/C13H14O/c1-3-7-12-10(4-2)11-8-5-6-9-13(11)14-12/h4-6,8-9H,2-3,7H2,1H3. The first-order valence-electron chi connectivity index (χ1n) is 4.99. The molecule has 0 atom stereocenters. The third-order valence-corrected chi connectivity index (χ3v) is 2.39. The number of furan rings is 1. The Balaban J connectivity index is 2.65. The Morgan fingerprint density at radius 1 is 1.36 bits per heavy atom. The second kappa shape index (κ2) is 3.70. The van der Waals surface area contributed by atoms with Gasteiger partial charge in [0.05, 0.1) is 0 Å². The second-order valence-electron chi connectivity index (χ2n) is 3.39. The molecule has 1 aromatic carbocycles. The fraction of sp³-hybridized carbons (Fsp3) is 0.231. The van der Waals surface area contributed by atoms with Crippen molar-refractivity contribution < 1.29 is 4.42 Å². The molecule has 2 aromatic rings. The summed E-state index contributed by atoms with van der Waals surface area (Å²) in [5.41, 5.74) is 2.12. The van der Waals surface area contributed by atoms with Gasteiger partial charge in [-0.25, -0.2) is 0 Å². The Morgan fingerprint density at radius 2 is 2.14 bits per heavy atom. The van der Waals surface area contributed by atoms with Crippen LogP contribution in [0.25, 0.3) is 17.0 Å². The first-order chi connectivity index (χ1) is 6.86. The summed E-state index contributed by atoms with van der Waals surface area (Å²) in [6.07, 6.45) is 3.97. The van der Waals surface area contributed by atoms with Crippen molar-refractivity contribution >= 4 is 17.0 Å². The van der Waals surface area contributed by atoms with Crippen molar-refractivity contribution in [3.63, 3.8) is 0 Å². The SMILES string of the molecule is C=Cc1c(CCC)oc2ccccc12. The molecular weight excluding hydrogens is 172 g/mol. The van der Waals surface area contributed by atoms with E-state index in [0.29, 0.717) is 0 Å². The molecule has 1 nitrogen and oxygen atoms in total. The average molecular weight is 186 g/mol. The summed E-state index contributed by atoms with van der Waals surface area (Å²) in [4.78, 5) is 0. The van der Waals surface area contributed by atoms with Crippen molar-refractivity contribution in [3.8, 4) is 0 Å². The zero-order valence-electron chi connectivity index (χ0n) is 8.42. The maximum absolute atomic E-state index is 5.76. The van der Waals surface area contributed by atoms with Crippen LogP contribution in [0.15, 0.2) is 35.3 Å². The van der Waals surface area contributed by atoms with Gasteiger partial charge in [-0.3, -0.25) is 0 Å². The van der Waals surface area contributed by atoms with Crippen LogP contribution >= 0.6 is 0 Å². The molecule has 0 bridgehead atoms. The lowest BCUT2D eigenvalue weighted by molar-refractivity contribution is 0.543. The van der Waals surface area contributed by atoms with Crippen LogP contribution in [0.5, 0.6) is 0 Å². The molecule has 1 aromatic heterocycles. The van der Waals surface area contributed by atoms with Gasteiger partial charge in [-0.15, -0.1) is 0 Å². The van der Waals surface area contributed by atoms with E-state index in [1.807, 2.05) is 24.3 Å². The van der Waals surface area contributed by atoms with Crippen LogP contribution in [-0.4, -0.2) is 0 Å². The van der Waals surface area contributed by atoms with Gasteiger partial charge in [0.25, 0.3) is 0 Å². The molecule has 0 spiro atoms. The van der Waals surface area contributed by atoms with E-state index < -0.39 is 0 Å². The van der Waals surface area contributed by atoms with Gasteiger partial charge >= 0.3 is 0 Å². The normalized spacial score (nSPS) is 10.6. The molecule has 0 unspecified atom stereocenters. The highest BCUT2D eigenvalue weighted by atomic mass is 16.3. The summed E-state index contributed by atoms with van der Waals surface area (Å²) < 4.78 is 5.76. The lowest BCUT2D eigenvalue weighted by Crippen LogP contribution is -1.81. The molecule has 2 rings (SSSR count). The molecule has 0 aliphatic carbocycles. The summed E-state index contributed by atoms with van der Waals surface area (Å²) in [6.45, 7) is 5.99. The smallest absolute Gasteiger partial charge is 0.134 e. The van der Waals surface area contributed by atoms with E-state index in [1.54, 1.807) is 0 Å². The van der Waals surface area contributed by atoms with E-state index >= 15 is 0 Å². The van der Waals surface area contributed by atoms with Crippen LogP contribution in [0.2, 0.25) is 0 Å². The average Bonchev–Trinajstić information content (AvgIpc) is 2.55. The van der Waals surface area contributed by atoms with E-state index in [0.717, 1.165) is 29.7 Å². The highest BCUT2D eigenvalue weighted by Crippen LogP contribution is 2.27. The van der Waals surface area contributed by atoms with Gasteiger partial charge < -0.3 is 4.42 Å². The molecule has 0 saturated carbocycles. The fourth-order valence-electron chi connectivity index (χ4n) is 1.75. The molecule has 0 fully saturated rings. The van der Waals surface area contributed by atoms with E-state index in [9.17, 15) is 0 Å². The number of hydrogen-bond acceptors (Lipinski definition) is 1. The lowest BCUT2D eigenvalue weighted by atomic mass is 10.1. The van der Waals surface area contributed by atoms with Gasteiger partial charge in [-0.2, -0.15) is 0 Å². The summed E-state index contributed by atoms with van der Waals surface area (Å²) in [5.74, 6) is 1.06. The minimum Gasteiger partial charge on any atom is -0.460 e. The first-order valence-corrected chi connectivity index (χ1v) is 4.99. The van der Waals surface area contributed by atoms with Crippen LogP contribution in [0.4, 0.5) is 0 Å². The first kappa shape index (κ1) is 9.07. The molecule has 1 heteroatoms. The van der Waals surface area contributed by atoms with Gasteiger partial charge in [0.1, 0.15) is 11.3 Å². The largest absolute Gasteiger partial charge is 0.460 e. The Morgan fingerprint density at radius 3 is 2.86 bits per heavy atom. The predicted molar refractivity (Wildman–Crippen MR) is 60.3 cm³/mol. The molecule has 0 N–H and O–H groups in total. The van der Waals surface area contributed by atoms with Crippen molar-refractivity contribution in [1.82, 2.24) is 0 Å². The molecule has 0 radical (unpaired) electrons. The third-order valence-electron chi connectivity index (χ3n) is 2.39. The highest BCUT2D eigenvalue weighted by molar-refractivity contribution is 5.88. The lowest BCUT2D eigenvalue weighted by Gasteiger charge is -1.93. The van der Waals surface area contributed by atoms with Crippen molar-refractivity contribution in [1.29, 1.82) is 0 Å². The van der Waals surface area contributed by atoms with Crippen LogP contribution in [-0.2, 0) is 6.42 Å². The highest BCUT2D eigenvalue weighted by Gasteiger charge is 2.09. The molecule has 14 heavy (non-hydrogen) atoms. The van der Waals surface area contributed by atoms with E-state index in [4.69, 9.17) is 4.42 Å². The van der Waals surface area contributed by atoms with Gasteiger partial charge in [0.15, 0.2) is 0 Å². The number of benzene rings is 1. The van der Waals surface area contributed by atoms with E-state index in [2.05, 4.69) is 19.6 Å². The monoisotopic (exact) mass is 186 g/mol. The summed E-state index contributed by atoms with van der Waals surface area (Å²) in [7, 11) is 0. The Labute approximate surface area is 84.0 Å². The molecule has 1 heterocycles. The molecule has 72 valence electrons. The number of para-hydroxylation sites is 1. The van der Waals surface area contributed by atoms with E-state index in [1.165, 1.54) is 5.39 Å². The summed E-state index contributed by atoms with van der Waals surface area (Å²) in [6, 6.07) is 8.10. The van der Waals surface area contributed by atoms with Gasteiger partial charge in [0.2, 0.25) is 0 Å². The van der Waals surface area contributed by atoms with Crippen LogP contribution in [0.1, 0.15) is 24.7 Å². The Kier molecular flexibility index (Phi) is 2.40. The molecule has 0 aliphatic rings. The topological polar surface area (TPSA) is 13.1 Å². The molecular formula is C13H14O. The Hall–Kier alpha value is -1.50. The van der Waals surface area contributed by atoms with Crippen LogP contribution in [0.3, 0.4) is 0 Å². The predicted octanol–water partition coefficient (Wildman–Crippen LogP) is 4.03. The van der Waals surface area contributed by atoms with Crippen LogP contribution in [0, 0.1) is 0 Å². The van der Waals surface area contributed by atoms with E-state index in [-0.39, 0.29) is 0 Å². The maximum Gasteiger partial charge on any atom is 0.134 e. The van der Waals surface area contributed by atoms with Crippen LogP contribution < -0.4 is 0 Å². The van der Waals surface area contributed by atoms with Crippen molar-refractivity contribution in [2.45, 2.75) is 19.8 Å². The zero-order chi connectivity index (χ0) is 9.97. The van der Waals surface area contributed by atoms with Gasteiger partial charge in [-0.05, 0) is 12.5 Å². The quantitative estimate of drug-likeness (QED) is 0.705. The van der Waals surface area contributed by atoms with Gasteiger partial charge in [0, 0.05) is 17.4 Å². The molecule has 0 aliphatic heterocycles. The number of fused-ring (bicyclic) bond motifs is 1. The Bertz CT molecular complexity index is 451. The summed E-state index contributed by atoms with van der Waals surface area (Å²) >= 11 is 0. The molecule has 0 saturated heterocycles. The third kappa shape index (κ3) is 1.35. The second-order valence-corrected chi connectivity index (χ2v) is 3.39.